The van der Waals surface area contributed by atoms with E-state index >= 15 is 0 Å². The molecule has 136 valence electrons. The van der Waals surface area contributed by atoms with Crippen molar-refractivity contribution in [3.05, 3.63) is 35.9 Å². The number of aliphatic carboxylic acids is 1. The Morgan fingerprint density at radius 3 is 2.36 bits per heavy atom. The summed E-state index contributed by atoms with van der Waals surface area (Å²) in [7, 11) is 0. The fraction of sp³-hybridized carbons (Fsp3) is 0.526. The highest BCUT2D eigenvalue weighted by molar-refractivity contribution is 5.88. The number of hydrogen-bond acceptors (Lipinski definition) is 3. The minimum atomic E-state index is -1.09. The maximum absolute atomic E-state index is 12.0. The van der Waals surface area contributed by atoms with Gasteiger partial charge in [-0.15, -0.1) is 0 Å². The second-order valence-corrected chi connectivity index (χ2v) is 6.63. The highest BCUT2D eigenvalue weighted by Gasteiger charge is 2.21. The summed E-state index contributed by atoms with van der Waals surface area (Å²) in [6.45, 7) is -0.190. The molecule has 2 amide bonds. The average Bonchev–Trinajstić information content (AvgIpc) is 2.61. The summed E-state index contributed by atoms with van der Waals surface area (Å²) in [5.41, 5.74) is 0.830. The van der Waals surface area contributed by atoms with Crippen molar-refractivity contribution in [1.29, 1.82) is 0 Å². The quantitative estimate of drug-likeness (QED) is 0.670. The Labute approximate surface area is 148 Å². The van der Waals surface area contributed by atoms with E-state index in [1.54, 1.807) is 0 Å². The van der Waals surface area contributed by atoms with Crippen LogP contribution in [0.3, 0.4) is 0 Å². The Balaban J connectivity index is 1.74. The number of carboxylic acid groups (broad SMARTS) is 1. The summed E-state index contributed by atoms with van der Waals surface area (Å²) >= 11 is 0. The molecule has 1 aromatic rings. The van der Waals surface area contributed by atoms with Crippen molar-refractivity contribution >= 4 is 17.8 Å². The van der Waals surface area contributed by atoms with E-state index in [-0.39, 0.29) is 18.9 Å². The fourth-order valence-corrected chi connectivity index (χ4v) is 3.20. The van der Waals surface area contributed by atoms with Crippen molar-refractivity contribution in [2.45, 2.75) is 51.0 Å². The van der Waals surface area contributed by atoms with E-state index < -0.39 is 17.9 Å². The zero-order valence-corrected chi connectivity index (χ0v) is 14.4. The minimum Gasteiger partial charge on any atom is -0.480 e. The van der Waals surface area contributed by atoms with Gasteiger partial charge in [-0.1, -0.05) is 49.6 Å². The van der Waals surface area contributed by atoms with Gasteiger partial charge in [0, 0.05) is 12.8 Å². The van der Waals surface area contributed by atoms with Crippen LogP contribution in [0.4, 0.5) is 0 Å². The summed E-state index contributed by atoms with van der Waals surface area (Å²) < 4.78 is 0. The maximum atomic E-state index is 12.0. The molecule has 6 heteroatoms. The van der Waals surface area contributed by atoms with Gasteiger partial charge in [-0.25, -0.2) is 4.79 Å². The number of carboxylic acids is 1. The number of carbonyl (C=O) groups excluding carboxylic acids is 2. The topological polar surface area (TPSA) is 95.5 Å². The van der Waals surface area contributed by atoms with Crippen molar-refractivity contribution in [1.82, 2.24) is 10.6 Å². The molecular formula is C19H26N2O4. The van der Waals surface area contributed by atoms with Crippen LogP contribution in [0.5, 0.6) is 0 Å². The third-order valence-corrected chi connectivity index (χ3v) is 4.56. The Kier molecular flexibility index (Phi) is 7.44. The van der Waals surface area contributed by atoms with Crippen molar-refractivity contribution in [3.63, 3.8) is 0 Å². The van der Waals surface area contributed by atoms with Crippen LogP contribution in [-0.2, 0) is 20.8 Å². The number of hydrogen-bond donors (Lipinski definition) is 3. The lowest BCUT2D eigenvalue weighted by Gasteiger charge is -2.21. The molecule has 1 aliphatic rings. The molecule has 0 aromatic heterocycles. The van der Waals surface area contributed by atoms with Crippen LogP contribution >= 0.6 is 0 Å². The Bertz CT molecular complexity index is 582. The monoisotopic (exact) mass is 346 g/mol. The SMILES string of the molecule is O=C(CC1CCCCC1)NCC(=O)NC(Cc1ccccc1)C(=O)O. The number of benzene rings is 1. The van der Waals surface area contributed by atoms with Crippen LogP contribution in [0.15, 0.2) is 30.3 Å². The lowest BCUT2D eigenvalue weighted by molar-refractivity contribution is -0.141. The predicted octanol–water partition coefficient (Wildman–Crippen LogP) is 1.89. The molecule has 6 nitrogen and oxygen atoms in total. The second-order valence-electron chi connectivity index (χ2n) is 6.63. The Morgan fingerprint density at radius 1 is 1.04 bits per heavy atom. The molecule has 1 saturated carbocycles. The zero-order valence-electron chi connectivity index (χ0n) is 14.4. The van der Waals surface area contributed by atoms with E-state index in [1.807, 2.05) is 30.3 Å². The molecule has 1 fully saturated rings. The molecule has 0 spiro atoms. The van der Waals surface area contributed by atoms with E-state index in [0.29, 0.717) is 12.3 Å². The molecule has 25 heavy (non-hydrogen) atoms. The van der Waals surface area contributed by atoms with Crippen LogP contribution in [-0.4, -0.2) is 35.5 Å². The third kappa shape index (κ3) is 6.95. The molecule has 1 aliphatic carbocycles. The number of carbonyl (C=O) groups is 3. The first kappa shape index (κ1) is 19.0. The van der Waals surface area contributed by atoms with Crippen molar-refractivity contribution < 1.29 is 19.5 Å². The first-order valence-electron chi connectivity index (χ1n) is 8.87. The standard InChI is InChI=1S/C19H26N2O4/c22-17(12-15-9-5-2-6-10-15)20-13-18(23)21-16(19(24)25)11-14-7-3-1-4-8-14/h1,3-4,7-8,15-16H,2,5-6,9-13H2,(H,20,22)(H,21,23)(H,24,25). The molecule has 1 aromatic carbocycles. The zero-order chi connectivity index (χ0) is 18.1. The molecular weight excluding hydrogens is 320 g/mol. The van der Waals surface area contributed by atoms with Crippen LogP contribution in [0.25, 0.3) is 0 Å². The normalized spacial score (nSPS) is 16.0. The van der Waals surface area contributed by atoms with Gasteiger partial charge in [0.1, 0.15) is 6.04 Å². The van der Waals surface area contributed by atoms with E-state index in [0.717, 1.165) is 31.2 Å². The van der Waals surface area contributed by atoms with Gasteiger partial charge in [-0.2, -0.15) is 0 Å². The van der Waals surface area contributed by atoms with Gasteiger partial charge in [0.05, 0.1) is 6.54 Å². The van der Waals surface area contributed by atoms with Crippen LogP contribution < -0.4 is 10.6 Å². The number of rotatable bonds is 8. The molecule has 0 saturated heterocycles. The lowest BCUT2D eigenvalue weighted by Crippen LogP contribution is -2.46. The molecule has 2 rings (SSSR count). The smallest absolute Gasteiger partial charge is 0.326 e. The van der Waals surface area contributed by atoms with E-state index in [9.17, 15) is 19.5 Å². The van der Waals surface area contributed by atoms with Gasteiger partial charge < -0.3 is 15.7 Å². The highest BCUT2D eigenvalue weighted by Crippen LogP contribution is 2.25. The maximum Gasteiger partial charge on any atom is 0.326 e. The van der Waals surface area contributed by atoms with Gasteiger partial charge in [0.25, 0.3) is 0 Å². The van der Waals surface area contributed by atoms with Gasteiger partial charge in [-0.3, -0.25) is 9.59 Å². The first-order valence-corrected chi connectivity index (χ1v) is 8.87. The van der Waals surface area contributed by atoms with E-state index in [4.69, 9.17) is 0 Å². The highest BCUT2D eigenvalue weighted by atomic mass is 16.4. The summed E-state index contributed by atoms with van der Waals surface area (Å²) in [6, 6.07) is 8.11. The van der Waals surface area contributed by atoms with Gasteiger partial charge in [-0.05, 0) is 24.3 Å². The van der Waals surface area contributed by atoms with Crippen molar-refractivity contribution in [2.75, 3.05) is 6.54 Å². The molecule has 1 unspecified atom stereocenters. The predicted molar refractivity (Wildman–Crippen MR) is 93.9 cm³/mol. The van der Waals surface area contributed by atoms with Gasteiger partial charge in [0.2, 0.25) is 11.8 Å². The largest absolute Gasteiger partial charge is 0.480 e. The van der Waals surface area contributed by atoms with Gasteiger partial charge >= 0.3 is 5.97 Å². The molecule has 1 atom stereocenters. The first-order chi connectivity index (χ1) is 12.0. The number of amides is 2. The minimum absolute atomic E-state index is 0.142. The summed E-state index contributed by atoms with van der Waals surface area (Å²) in [5.74, 6) is -1.32. The Hall–Kier alpha value is -2.37. The fourth-order valence-electron chi connectivity index (χ4n) is 3.20. The van der Waals surface area contributed by atoms with Crippen LogP contribution in [0.2, 0.25) is 0 Å². The Morgan fingerprint density at radius 2 is 1.72 bits per heavy atom. The molecule has 0 bridgehead atoms. The average molecular weight is 346 g/mol. The third-order valence-electron chi connectivity index (χ3n) is 4.56. The van der Waals surface area contributed by atoms with Gasteiger partial charge in [0.15, 0.2) is 0 Å². The van der Waals surface area contributed by atoms with E-state index in [1.165, 1.54) is 6.42 Å². The van der Waals surface area contributed by atoms with Crippen LogP contribution in [0, 0.1) is 5.92 Å². The molecule has 0 radical (unpaired) electrons. The molecule has 3 N–H and O–H groups in total. The molecule has 0 aliphatic heterocycles. The van der Waals surface area contributed by atoms with Crippen molar-refractivity contribution in [2.24, 2.45) is 5.92 Å². The van der Waals surface area contributed by atoms with Crippen LogP contribution in [0.1, 0.15) is 44.1 Å². The molecule has 0 heterocycles. The summed E-state index contributed by atoms with van der Waals surface area (Å²) in [4.78, 5) is 35.2. The second kappa shape index (κ2) is 9.81. The lowest BCUT2D eigenvalue weighted by atomic mass is 9.87. The number of nitrogens with one attached hydrogen (secondary N) is 2. The van der Waals surface area contributed by atoms with Crippen molar-refractivity contribution in [3.8, 4) is 0 Å². The summed E-state index contributed by atoms with van der Waals surface area (Å²) in [6.07, 6.45) is 6.35. The van der Waals surface area contributed by atoms with E-state index in [2.05, 4.69) is 10.6 Å². The summed E-state index contributed by atoms with van der Waals surface area (Å²) in [5, 5.41) is 14.3.